The van der Waals surface area contributed by atoms with Crippen molar-refractivity contribution in [2.75, 3.05) is 11.9 Å². The summed E-state index contributed by atoms with van der Waals surface area (Å²) in [4.78, 5) is 24.6. The molecule has 0 bridgehead atoms. The predicted molar refractivity (Wildman–Crippen MR) is 114 cm³/mol. The van der Waals surface area contributed by atoms with Crippen molar-refractivity contribution in [3.63, 3.8) is 0 Å². The summed E-state index contributed by atoms with van der Waals surface area (Å²) in [5.74, 6) is -0.480. The van der Waals surface area contributed by atoms with E-state index in [4.69, 9.17) is 9.47 Å². The first kappa shape index (κ1) is 21.1. The van der Waals surface area contributed by atoms with E-state index in [1.165, 1.54) is 6.92 Å². The Kier molecular flexibility index (Phi) is 6.51. The molecule has 0 fully saturated rings. The molecule has 0 saturated carbocycles. The second kappa shape index (κ2) is 9.26. The van der Waals surface area contributed by atoms with Crippen LogP contribution in [0.5, 0.6) is 5.75 Å². The van der Waals surface area contributed by atoms with Crippen molar-refractivity contribution in [3.8, 4) is 16.9 Å². The van der Waals surface area contributed by atoms with Crippen LogP contribution in [0.2, 0.25) is 0 Å². The summed E-state index contributed by atoms with van der Waals surface area (Å²) in [6, 6.07) is 17.2. The van der Waals surface area contributed by atoms with Crippen molar-refractivity contribution >= 4 is 17.6 Å². The van der Waals surface area contributed by atoms with Crippen molar-refractivity contribution in [1.82, 2.24) is 9.78 Å². The van der Waals surface area contributed by atoms with Gasteiger partial charge in [-0.3, -0.25) is 9.48 Å². The fourth-order valence-electron chi connectivity index (χ4n) is 3.05. The summed E-state index contributed by atoms with van der Waals surface area (Å²) < 4.78 is 12.6. The van der Waals surface area contributed by atoms with Gasteiger partial charge in [0.05, 0.1) is 17.1 Å². The molecule has 7 nitrogen and oxygen atoms in total. The zero-order valence-electron chi connectivity index (χ0n) is 17.5. The SMILES string of the molecule is Cc1nn(C)c(C)c1NC(=O)[C@@H](C)OC(=O)COc1ccccc1-c1ccccc1. The molecule has 0 unspecified atom stereocenters. The third-order valence-electron chi connectivity index (χ3n) is 4.75. The lowest BCUT2D eigenvalue weighted by Crippen LogP contribution is -2.32. The molecule has 0 aliphatic heterocycles. The monoisotopic (exact) mass is 407 g/mol. The number of para-hydroxylation sites is 1. The van der Waals surface area contributed by atoms with Crippen LogP contribution in [0.4, 0.5) is 5.69 Å². The molecule has 0 aliphatic carbocycles. The van der Waals surface area contributed by atoms with Crippen LogP contribution in [0.15, 0.2) is 54.6 Å². The molecule has 1 heterocycles. The zero-order valence-corrected chi connectivity index (χ0v) is 17.5. The number of ether oxygens (including phenoxy) is 2. The molecule has 3 aromatic rings. The van der Waals surface area contributed by atoms with Gasteiger partial charge in [-0.1, -0.05) is 48.5 Å². The van der Waals surface area contributed by atoms with Crippen LogP contribution in [0.25, 0.3) is 11.1 Å². The first-order valence-corrected chi connectivity index (χ1v) is 9.64. The van der Waals surface area contributed by atoms with Crippen molar-refractivity contribution in [2.45, 2.75) is 26.9 Å². The standard InChI is InChI=1S/C23H25N3O4/c1-15-22(16(2)26(4)25-15)24-23(28)17(3)30-21(27)14-29-20-13-9-8-12-19(20)18-10-6-5-7-11-18/h5-13,17H,14H2,1-4H3,(H,24,28)/t17-/m1/s1. The normalized spacial score (nSPS) is 11.6. The van der Waals surface area contributed by atoms with Gasteiger partial charge in [-0.15, -0.1) is 0 Å². The van der Waals surface area contributed by atoms with Crippen molar-refractivity contribution < 1.29 is 19.1 Å². The number of aromatic nitrogens is 2. The van der Waals surface area contributed by atoms with Crippen LogP contribution in [0, 0.1) is 13.8 Å². The number of nitrogens with zero attached hydrogens (tertiary/aromatic N) is 2. The van der Waals surface area contributed by atoms with Crippen LogP contribution in [0.3, 0.4) is 0 Å². The molecule has 1 aromatic heterocycles. The van der Waals surface area contributed by atoms with Crippen molar-refractivity contribution in [1.29, 1.82) is 0 Å². The lowest BCUT2D eigenvalue weighted by Gasteiger charge is -2.15. The Morgan fingerprint density at radius 3 is 2.40 bits per heavy atom. The Hall–Kier alpha value is -3.61. The number of rotatable bonds is 7. The third kappa shape index (κ3) is 4.86. The summed E-state index contributed by atoms with van der Waals surface area (Å²) in [7, 11) is 1.80. The molecule has 1 atom stereocenters. The van der Waals surface area contributed by atoms with Gasteiger partial charge in [-0.05, 0) is 32.4 Å². The maximum atomic E-state index is 12.4. The summed E-state index contributed by atoms with van der Waals surface area (Å²) in [5.41, 5.74) is 4.00. The number of carbonyl (C=O) groups excluding carboxylic acids is 2. The molecule has 0 saturated heterocycles. The summed E-state index contributed by atoms with van der Waals surface area (Å²) in [5, 5.41) is 7.02. The lowest BCUT2D eigenvalue weighted by molar-refractivity contribution is -0.155. The minimum Gasteiger partial charge on any atom is -0.481 e. The number of hydrogen-bond acceptors (Lipinski definition) is 5. The van der Waals surface area contributed by atoms with Gasteiger partial charge in [-0.2, -0.15) is 5.10 Å². The Morgan fingerprint density at radius 2 is 1.73 bits per heavy atom. The van der Waals surface area contributed by atoms with E-state index in [2.05, 4.69) is 10.4 Å². The Bertz CT molecular complexity index is 1040. The molecule has 1 amide bonds. The van der Waals surface area contributed by atoms with Gasteiger partial charge < -0.3 is 14.8 Å². The molecule has 30 heavy (non-hydrogen) atoms. The number of hydrogen-bond donors (Lipinski definition) is 1. The molecule has 1 N–H and O–H groups in total. The summed E-state index contributed by atoms with van der Waals surface area (Å²) in [6.45, 7) is 4.88. The van der Waals surface area contributed by atoms with E-state index >= 15 is 0 Å². The first-order valence-electron chi connectivity index (χ1n) is 9.64. The van der Waals surface area contributed by atoms with Gasteiger partial charge in [0.15, 0.2) is 12.7 Å². The highest BCUT2D eigenvalue weighted by atomic mass is 16.6. The number of carbonyl (C=O) groups is 2. The Labute approximate surface area is 175 Å². The van der Waals surface area contributed by atoms with E-state index < -0.39 is 18.0 Å². The highest BCUT2D eigenvalue weighted by molar-refractivity contribution is 5.96. The molecule has 156 valence electrons. The highest BCUT2D eigenvalue weighted by Crippen LogP contribution is 2.29. The van der Waals surface area contributed by atoms with Crippen LogP contribution in [-0.4, -0.2) is 34.4 Å². The minimum atomic E-state index is -0.968. The van der Waals surface area contributed by atoms with Crippen LogP contribution >= 0.6 is 0 Å². The van der Waals surface area contributed by atoms with Crippen LogP contribution in [0.1, 0.15) is 18.3 Å². The predicted octanol–water partition coefficient (Wildman–Crippen LogP) is 3.65. The van der Waals surface area contributed by atoms with Crippen LogP contribution in [-0.2, 0) is 21.4 Å². The molecule has 0 radical (unpaired) electrons. The molecule has 0 aliphatic rings. The van der Waals surface area contributed by atoms with E-state index in [0.717, 1.165) is 16.8 Å². The topological polar surface area (TPSA) is 82.5 Å². The van der Waals surface area contributed by atoms with Gasteiger partial charge in [0.25, 0.3) is 5.91 Å². The maximum Gasteiger partial charge on any atom is 0.344 e. The average molecular weight is 407 g/mol. The summed E-state index contributed by atoms with van der Waals surface area (Å²) in [6.07, 6.45) is -0.968. The molecular formula is C23H25N3O4. The molecular weight excluding hydrogens is 382 g/mol. The third-order valence-corrected chi connectivity index (χ3v) is 4.75. The second-order valence-corrected chi connectivity index (χ2v) is 6.94. The molecule has 7 heteroatoms. The number of aryl methyl sites for hydroxylation is 2. The number of benzene rings is 2. The average Bonchev–Trinajstić information content (AvgIpc) is 2.99. The molecule has 2 aromatic carbocycles. The van der Waals surface area contributed by atoms with E-state index in [-0.39, 0.29) is 6.61 Å². The van der Waals surface area contributed by atoms with Crippen LogP contribution < -0.4 is 10.1 Å². The fourth-order valence-corrected chi connectivity index (χ4v) is 3.05. The van der Waals surface area contributed by atoms with Gasteiger partial charge in [0, 0.05) is 12.6 Å². The Balaban J connectivity index is 1.58. The first-order chi connectivity index (χ1) is 14.4. The summed E-state index contributed by atoms with van der Waals surface area (Å²) >= 11 is 0. The maximum absolute atomic E-state index is 12.4. The smallest absolute Gasteiger partial charge is 0.344 e. The number of esters is 1. The van der Waals surface area contributed by atoms with Gasteiger partial charge in [-0.25, -0.2) is 4.79 Å². The number of nitrogens with one attached hydrogen (secondary N) is 1. The quantitative estimate of drug-likeness (QED) is 0.605. The Morgan fingerprint density at radius 1 is 1.07 bits per heavy atom. The minimum absolute atomic E-state index is 0.299. The highest BCUT2D eigenvalue weighted by Gasteiger charge is 2.21. The van der Waals surface area contributed by atoms with Gasteiger partial charge in [0.1, 0.15) is 5.75 Å². The van der Waals surface area contributed by atoms with E-state index in [1.54, 1.807) is 24.7 Å². The lowest BCUT2D eigenvalue weighted by atomic mass is 10.1. The second-order valence-electron chi connectivity index (χ2n) is 6.94. The zero-order chi connectivity index (χ0) is 21.7. The largest absolute Gasteiger partial charge is 0.481 e. The fraction of sp³-hybridized carbons (Fsp3) is 0.261. The van der Waals surface area contributed by atoms with E-state index in [9.17, 15) is 9.59 Å². The number of anilines is 1. The van der Waals surface area contributed by atoms with Gasteiger partial charge in [0.2, 0.25) is 0 Å². The van der Waals surface area contributed by atoms with Crippen molar-refractivity contribution in [3.05, 3.63) is 66.0 Å². The van der Waals surface area contributed by atoms with E-state index in [0.29, 0.717) is 17.1 Å². The molecule has 3 rings (SSSR count). The number of amides is 1. The van der Waals surface area contributed by atoms with Crippen molar-refractivity contribution in [2.24, 2.45) is 7.05 Å². The molecule has 0 spiro atoms. The van der Waals surface area contributed by atoms with E-state index in [1.807, 2.05) is 55.5 Å². The van der Waals surface area contributed by atoms with Gasteiger partial charge >= 0.3 is 5.97 Å².